The van der Waals surface area contributed by atoms with Crippen LogP contribution in [0.1, 0.15) is 16.9 Å². The third-order valence-electron chi connectivity index (χ3n) is 2.87. The minimum Gasteiger partial charge on any atom is -0.400 e. The van der Waals surface area contributed by atoms with E-state index in [4.69, 9.17) is 16.6 Å². The monoisotopic (exact) mass is 318 g/mol. The van der Waals surface area contributed by atoms with Crippen LogP contribution in [0.4, 0.5) is 11.6 Å². The minimum absolute atomic E-state index is 0.258. The second-order valence-electron chi connectivity index (χ2n) is 4.52. The molecule has 0 saturated carbocycles. The molecule has 0 unspecified atom stereocenters. The van der Waals surface area contributed by atoms with Crippen molar-refractivity contribution >= 4 is 35.1 Å². The van der Waals surface area contributed by atoms with Gasteiger partial charge in [0.05, 0.1) is 12.3 Å². The summed E-state index contributed by atoms with van der Waals surface area (Å²) in [7, 11) is 0. The Morgan fingerprint density at radius 1 is 1.32 bits per heavy atom. The van der Waals surface area contributed by atoms with Gasteiger partial charge in [-0.2, -0.15) is 5.10 Å². The number of aryl methyl sites for hydroxylation is 2. The maximum Gasteiger partial charge on any atom is 0.433 e. The van der Waals surface area contributed by atoms with E-state index in [2.05, 4.69) is 15.8 Å². The molecule has 0 saturated heterocycles. The third kappa shape index (κ3) is 3.89. The molecule has 0 fully saturated rings. The van der Waals surface area contributed by atoms with E-state index in [0.717, 1.165) is 16.8 Å². The van der Waals surface area contributed by atoms with Gasteiger partial charge in [0, 0.05) is 5.69 Å². The first-order valence-corrected chi connectivity index (χ1v) is 6.78. The molecule has 114 valence electrons. The van der Waals surface area contributed by atoms with Crippen molar-refractivity contribution in [3.63, 3.8) is 0 Å². The van der Waals surface area contributed by atoms with Crippen LogP contribution in [0.25, 0.3) is 0 Å². The maximum absolute atomic E-state index is 10.5. The first kappa shape index (κ1) is 15.6. The summed E-state index contributed by atoms with van der Waals surface area (Å²) in [6.07, 6.45) is 1.31. The minimum atomic E-state index is -0.613. The number of hydrazone groups is 1. The van der Waals surface area contributed by atoms with Crippen LogP contribution in [0, 0.1) is 24.0 Å². The molecule has 1 aromatic carbocycles. The van der Waals surface area contributed by atoms with Crippen LogP contribution in [-0.4, -0.2) is 16.3 Å². The smallest absolute Gasteiger partial charge is 0.400 e. The molecule has 22 heavy (non-hydrogen) atoms. The van der Waals surface area contributed by atoms with E-state index >= 15 is 0 Å². The highest BCUT2D eigenvalue weighted by Gasteiger charge is 2.10. The number of nitrogens with zero attached hydrogens (tertiary/aromatic N) is 2. The fourth-order valence-electron chi connectivity index (χ4n) is 1.82. The number of nitrogens with one attached hydrogen (secondary N) is 2. The van der Waals surface area contributed by atoms with E-state index in [1.54, 1.807) is 0 Å². The lowest BCUT2D eigenvalue weighted by atomic mass is 10.1. The molecule has 0 aliphatic rings. The summed E-state index contributed by atoms with van der Waals surface area (Å²) in [6.45, 7) is 3.95. The van der Waals surface area contributed by atoms with Crippen molar-refractivity contribution in [1.82, 2.24) is 5.43 Å². The molecule has 8 heteroatoms. The van der Waals surface area contributed by atoms with Gasteiger partial charge in [-0.3, -0.25) is 15.5 Å². The predicted molar refractivity (Wildman–Crippen MR) is 88.2 cm³/mol. The number of thiocarbonyl (C=S) groups is 1. The van der Waals surface area contributed by atoms with Gasteiger partial charge >= 0.3 is 5.88 Å². The Labute approximate surface area is 132 Å². The van der Waals surface area contributed by atoms with Crippen molar-refractivity contribution in [2.75, 3.05) is 5.32 Å². The van der Waals surface area contributed by atoms with Gasteiger partial charge in [0.1, 0.15) is 4.92 Å². The number of furan rings is 1. The average molecular weight is 318 g/mol. The normalized spacial score (nSPS) is 10.6. The van der Waals surface area contributed by atoms with Gasteiger partial charge in [-0.1, -0.05) is 18.2 Å². The Kier molecular flexibility index (Phi) is 4.84. The highest BCUT2D eigenvalue weighted by atomic mass is 32.1. The van der Waals surface area contributed by atoms with E-state index in [0.29, 0.717) is 5.11 Å². The molecule has 0 atom stereocenters. The van der Waals surface area contributed by atoms with Crippen molar-refractivity contribution in [1.29, 1.82) is 0 Å². The number of anilines is 1. The Morgan fingerprint density at radius 2 is 2.00 bits per heavy atom. The van der Waals surface area contributed by atoms with Crippen LogP contribution in [0.2, 0.25) is 0 Å². The van der Waals surface area contributed by atoms with Gasteiger partial charge in [0.15, 0.2) is 10.9 Å². The Hall–Kier alpha value is -2.74. The van der Waals surface area contributed by atoms with Gasteiger partial charge in [0.25, 0.3) is 0 Å². The fraction of sp³-hybridized carbons (Fsp3) is 0.143. The number of hydrogen-bond donors (Lipinski definition) is 2. The van der Waals surface area contributed by atoms with Crippen molar-refractivity contribution in [2.24, 2.45) is 5.10 Å². The van der Waals surface area contributed by atoms with Crippen molar-refractivity contribution in [3.05, 3.63) is 57.3 Å². The van der Waals surface area contributed by atoms with Crippen LogP contribution < -0.4 is 10.7 Å². The number of hydrogen-bond acceptors (Lipinski definition) is 5. The first-order valence-electron chi connectivity index (χ1n) is 6.38. The molecule has 2 rings (SSSR count). The quantitative estimate of drug-likeness (QED) is 0.389. The molecule has 0 aliphatic carbocycles. The molecule has 2 aromatic rings. The summed E-state index contributed by atoms with van der Waals surface area (Å²) < 4.78 is 4.93. The van der Waals surface area contributed by atoms with Crippen LogP contribution in [0.3, 0.4) is 0 Å². The lowest BCUT2D eigenvalue weighted by Gasteiger charge is -2.12. The van der Waals surface area contributed by atoms with Crippen molar-refractivity contribution in [3.8, 4) is 0 Å². The van der Waals surface area contributed by atoms with Crippen LogP contribution in [0.15, 0.2) is 39.9 Å². The predicted octanol–water partition coefficient (Wildman–Crippen LogP) is 3.13. The van der Waals surface area contributed by atoms with Crippen LogP contribution in [0.5, 0.6) is 0 Å². The lowest BCUT2D eigenvalue weighted by molar-refractivity contribution is -0.402. The highest BCUT2D eigenvalue weighted by Crippen LogP contribution is 2.19. The fourth-order valence-corrected chi connectivity index (χ4v) is 1.97. The summed E-state index contributed by atoms with van der Waals surface area (Å²) in [5, 5.41) is 17.7. The first-order chi connectivity index (χ1) is 10.5. The number of rotatable bonds is 4. The summed E-state index contributed by atoms with van der Waals surface area (Å²) in [6, 6.07) is 8.63. The van der Waals surface area contributed by atoms with Crippen molar-refractivity contribution in [2.45, 2.75) is 13.8 Å². The molecule has 1 heterocycles. The second kappa shape index (κ2) is 6.81. The molecule has 0 spiro atoms. The van der Waals surface area contributed by atoms with E-state index in [1.807, 2.05) is 32.0 Å². The van der Waals surface area contributed by atoms with E-state index in [1.165, 1.54) is 18.3 Å². The standard InChI is InChI=1S/C14H14N4O3S/c1-9-4-3-5-10(2)13(9)16-14(22)17-15-8-11-6-7-12(21-11)18(19)20/h3-8H,1-2H3,(H2,16,17,22)/b15-8+. The molecular weight excluding hydrogens is 304 g/mol. The average Bonchev–Trinajstić information content (AvgIpc) is 2.92. The Balaban J connectivity index is 1.95. The van der Waals surface area contributed by atoms with E-state index in [9.17, 15) is 10.1 Å². The number of benzene rings is 1. The van der Waals surface area contributed by atoms with Crippen molar-refractivity contribution < 1.29 is 9.34 Å². The second-order valence-corrected chi connectivity index (χ2v) is 4.93. The third-order valence-corrected chi connectivity index (χ3v) is 3.06. The molecule has 2 N–H and O–H groups in total. The molecule has 0 aliphatic heterocycles. The molecule has 7 nitrogen and oxygen atoms in total. The summed E-state index contributed by atoms with van der Waals surface area (Å²) in [5.74, 6) is -0.0771. The Bertz CT molecular complexity index is 719. The summed E-state index contributed by atoms with van der Waals surface area (Å²) in [5.41, 5.74) is 5.68. The highest BCUT2D eigenvalue weighted by molar-refractivity contribution is 7.80. The van der Waals surface area contributed by atoms with E-state index < -0.39 is 4.92 Å². The summed E-state index contributed by atoms with van der Waals surface area (Å²) >= 11 is 5.14. The molecule has 0 bridgehead atoms. The van der Waals surface area contributed by atoms with Crippen LogP contribution >= 0.6 is 12.2 Å². The van der Waals surface area contributed by atoms with Gasteiger partial charge in [0.2, 0.25) is 0 Å². The van der Waals surface area contributed by atoms with Crippen LogP contribution in [-0.2, 0) is 0 Å². The SMILES string of the molecule is Cc1cccc(C)c1NC(=S)N/N=C/c1ccc([N+](=O)[O-])o1. The number of nitro groups is 1. The zero-order valence-electron chi connectivity index (χ0n) is 12.0. The molecule has 0 radical (unpaired) electrons. The maximum atomic E-state index is 10.5. The largest absolute Gasteiger partial charge is 0.433 e. The zero-order chi connectivity index (χ0) is 16.1. The van der Waals surface area contributed by atoms with Gasteiger partial charge in [-0.15, -0.1) is 0 Å². The molecular formula is C14H14N4O3S. The summed E-state index contributed by atoms with van der Waals surface area (Å²) in [4.78, 5) is 9.87. The zero-order valence-corrected chi connectivity index (χ0v) is 12.8. The Morgan fingerprint density at radius 3 is 2.59 bits per heavy atom. The van der Waals surface area contributed by atoms with E-state index in [-0.39, 0.29) is 11.6 Å². The molecule has 0 amide bonds. The lowest BCUT2D eigenvalue weighted by Crippen LogP contribution is -2.24. The topological polar surface area (TPSA) is 92.7 Å². The number of para-hydroxylation sites is 1. The van der Waals surface area contributed by atoms with Gasteiger partial charge in [-0.05, 0) is 43.3 Å². The molecule has 1 aromatic heterocycles. The van der Waals surface area contributed by atoms with Gasteiger partial charge in [-0.25, -0.2) is 0 Å². The van der Waals surface area contributed by atoms with Gasteiger partial charge < -0.3 is 9.73 Å².